The second-order valence-electron chi connectivity index (χ2n) is 5.71. The summed E-state index contributed by atoms with van der Waals surface area (Å²) in [5, 5.41) is 17.8. The first kappa shape index (κ1) is 16.7. The first-order valence-electron chi connectivity index (χ1n) is 6.50. The number of aromatic carboxylic acids is 1. The van der Waals surface area contributed by atoms with Gasteiger partial charge in [0.25, 0.3) is 0 Å². The molecule has 114 valence electrons. The number of anilines is 1. The third-order valence-electron chi connectivity index (χ3n) is 2.84. The van der Waals surface area contributed by atoms with Crippen LogP contribution in [0.25, 0.3) is 0 Å². The number of carbonyl (C=O) groups excluding carboxylic acids is 1. The molecule has 0 saturated carbocycles. The van der Waals surface area contributed by atoms with Gasteiger partial charge in [-0.3, -0.25) is 9.59 Å². The van der Waals surface area contributed by atoms with Crippen molar-refractivity contribution in [2.75, 3.05) is 11.4 Å². The lowest BCUT2D eigenvalue weighted by Gasteiger charge is -2.29. The zero-order valence-corrected chi connectivity index (χ0v) is 12.3. The largest absolute Gasteiger partial charge is 0.481 e. The summed E-state index contributed by atoms with van der Waals surface area (Å²) in [5.41, 5.74) is -0.261. The predicted octanol–water partition coefficient (Wildman–Crippen LogP) is 2.24. The summed E-state index contributed by atoms with van der Waals surface area (Å²) in [7, 11) is 0. The van der Waals surface area contributed by atoms with Crippen LogP contribution in [0.2, 0.25) is 0 Å². The van der Waals surface area contributed by atoms with Gasteiger partial charge in [0, 0.05) is 17.6 Å². The van der Waals surface area contributed by atoms with Gasteiger partial charge in [-0.2, -0.15) is 0 Å². The molecule has 1 aromatic rings. The van der Waals surface area contributed by atoms with Gasteiger partial charge in [0.2, 0.25) is 5.91 Å². The molecule has 0 aromatic heterocycles. The van der Waals surface area contributed by atoms with Gasteiger partial charge in [0.1, 0.15) is 0 Å². The highest BCUT2D eigenvalue weighted by atomic mass is 16.4. The molecule has 0 fully saturated rings. The maximum absolute atomic E-state index is 12.4. The Labute approximate surface area is 123 Å². The number of nitrogens with zero attached hydrogens (tertiary/aromatic N) is 1. The smallest absolute Gasteiger partial charge is 0.335 e. The normalized spacial score (nSPS) is 11.0. The zero-order chi connectivity index (χ0) is 16.2. The molecule has 0 radical (unpaired) electrons. The van der Waals surface area contributed by atoms with Gasteiger partial charge in [0.15, 0.2) is 0 Å². The molecule has 2 N–H and O–H groups in total. The number of carboxylic acid groups (broad SMARTS) is 2. The second kappa shape index (κ2) is 6.39. The Morgan fingerprint density at radius 1 is 1.14 bits per heavy atom. The molecule has 0 aliphatic heterocycles. The number of aliphatic carboxylic acids is 1. The summed E-state index contributed by atoms with van der Waals surface area (Å²) in [4.78, 5) is 35.5. The Balaban J connectivity index is 3.17. The lowest BCUT2D eigenvalue weighted by atomic mass is 9.94. The van der Waals surface area contributed by atoms with Crippen LogP contribution in [0.4, 0.5) is 5.69 Å². The van der Waals surface area contributed by atoms with E-state index in [4.69, 9.17) is 10.2 Å². The second-order valence-corrected chi connectivity index (χ2v) is 5.71. The first-order valence-corrected chi connectivity index (χ1v) is 6.50. The lowest BCUT2D eigenvalue weighted by Crippen LogP contribution is -2.41. The van der Waals surface area contributed by atoms with E-state index in [1.807, 2.05) is 0 Å². The Bertz CT molecular complexity index is 559. The third kappa shape index (κ3) is 4.59. The molecule has 0 heterocycles. The van der Waals surface area contributed by atoms with Gasteiger partial charge in [-0.15, -0.1) is 0 Å². The minimum atomic E-state index is -1.10. The molecule has 1 aromatic carbocycles. The molecule has 0 atom stereocenters. The topological polar surface area (TPSA) is 94.9 Å². The van der Waals surface area contributed by atoms with Gasteiger partial charge in [0.05, 0.1) is 12.0 Å². The predicted molar refractivity (Wildman–Crippen MR) is 77.5 cm³/mol. The Kier molecular flexibility index (Phi) is 5.07. The molecule has 0 bridgehead atoms. The van der Waals surface area contributed by atoms with E-state index in [1.54, 1.807) is 26.8 Å². The number of amides is 1. The van der Waals surface area contributed by atoms with E-state index in [-0.39, 0.29) is 24.4 Å². The van der Waals surface area contributed by atoms with Crippen LogP contribution in [0.3, 0.4) is 0 Å². The zero-order valence-electron chi connectivity index (χ0n) is 12.3. The van der Waals surface area contributed by atoms with Crippen LogP contribution in [-0.2, 0) is 9.59 Å². The molecule has 0 spiro atoms. The summed E-state index contributed by atoms with van der Waals surface area (Å²) in [6, 6.07) is 5.91. The minimum absolute atomic E-state index is 0.00545. The highest BCUT2D eigenvalue weighted by Crippen LogP contribution is 2.24. The molecule has 0 saturated heterocycles. The number of hydrogen-bond acceptors (Lipinski definition) is 3. The Morgan fingerprint density at radius 2 is 1.76 bits per heavy atom. The number of rotatable bonds is 5. The van der Waals surface area contributed by atoms with E-state index < -0.39 is 17.4 Å². The monoisotopic (exact) mass is 293 g/mol. The standard InChI is InChI=1S/C15H19NO5/c1-15(2,3)14(21)16(8-7-12(17)18)11-6-4-5-10(9-11)13(19)20/h4-6,9H,7-8H2,1-3H3,(H,17,18)(H,19,20). The van der Waals surface area contributed by atoms with Gasteiger partial charge in [-0.1, -0.05) is 26.8 Å². The van der Waals surface area contributed by atoms with Crippen molar-refractivity contribution in [1.29, 1.82) is 0 Å². The fourth-order valence-electron chi connectivity index (χ4n) is 1.77. The van der Waals surface area contributed by atoms with Gasteiger partial charge < -0.3 is 15.1 Å². The first-order chi connectivity index (χ1) is 9.62. The van der Waals surface area contributed by atoms with Crippen molar-refractivity contribution in [3.05, 3.63) is 29.8 Å². The van der Waals surface area contributed by atoms with Crippen LogP contribution >= 0.6 is 0 Å². The third-order valence-corrected chi connectivity index (χ3v) is 2.84. The number of carboxylic acids is 2. The average Bonchev–Trinajstić information content (AvgIpc) is 2.37. The van der Waals surface area contributed by atoms with Crippen molar-refractivity contribution < 1.29 is 24.6 Å². The molecular formula is C15H19NO5. The quantitative estimate of drug-likeness (QED) is 0.868. The molecule has 0 unspecified atom stereocenters. The number of hydrogen-bond donors (Lipinski definition) is 2. The molecule has 21 heavy (non-hydrogen) atoms. The van der Waals surface area contributed by atoms with E-state index in [2.05, 4.69) is 0 Å². The fourth-order valence-corrected chi connectivity index (χ4v) is 1.77. The van der Waals surface area contributed by atoms with Crippen molar-refractivity contribution in [3.63, 3.8) is 0 Å². The van der Waals surface area contributed by atoms with Crippen molar-refractivity contribution in [1.82, 2.24) is 0 Å². The summed E-state index contributed by atoms with van der Waals surface area (Å²) in [5.74, 6) is -2.37. The maximum Gasteiger partial charge on any atom is 0.335 e. The van der Waals surface area contributed by atoms with Crippen LogP contribution in [0, 0.1) is 5.41 Å². The van der Waals surface area contributed by atoms with Crippen LogP contribution < -0.4 is 4.90 Å². The highest BCUT2D eigenvalue weighted by Gasteiger charge is 2.28. The summed E-state index contributed by atoms with van der Waals surface area (Å²) < 4.78 is 0. The van der Waals surface area contributed by atoms with E-state index in [0.29, 0.717) is 5.69 Å². The molecule has 1 rings (SSSR count). The van der Waals surface area contributed by atoms with Crippen LogP contribution in [0.5, 0.6) is 0 Å². The van der Waals surface area contributed by atoms with Gasteiger partial charge in [-0.25, -0.2) is 4.79 Å². The minimum Gasteiger partial charge on any atom is -0.481 e. The fraction of sp³-hybridized carbons (Fsp3) is 0.400. The molecule has 0 aliphatic rings. The Hall–Kier alpha value is -2.37. The highest BCUT2D eigenvalue weighted by molar-refractivity contribution is 5.98. The molecular weight excluding hydrogens is 274 g/mol. The van der Waals surface area contributed by atoms with E-state index in [0.717, 1.165) is 0 Å². The van der Waals surface area contributed by atoms with E-state index in [1.165, 1.54) is 23.1 Å². The van der Waals surface area contributed by atoms with Gasteiger partial charge >= 0.3 is 11.9 Å². The van der Waals surface area contributed by atoms with Gasteiger partial charge in [-0.05, 0) is 18.2 Å². The Morgan fingerprint density at radius 3 is 2.24 bits per heavy atom. The number of benzene rings is 1. The maximum atomic E-state index is 12.4. The molecule has 6 heteroatoms. The summed E-state index contributed by atoms with van der Waals surface area (Å²) in [6.07, 6.45) is -0.209. The van der Waals surface area contributed by atoms with E-state index >= 15 is 0 Å². The van der Waals surface area contributed by atoms with Crippen LogP contribution in [0.1, 0.15) is 37.6 Å². The van der Waals surface area contributed by atoms with Crippen LogP contribution in [0.15, 0.2) is 24.3 Å². The van der Waals surface area contributed by atoms with Crippen molar-refractivity contribution in [3.8, 4) is 0 Å². The van der Waals surface area contributed by atoms with Crippen molar-refractivity contribution in [2.45, 2.75) is 27.2 Å². The average molecular weight is 293 g/mol. The molecule has 6 nitrogen and oxygen atoms in total. The summed E-state index contributed by atoms with van der Waals surface area (Å²) in [6.45, 7) is 5.17. The number of carbonyl (C=O) groups is 3. The van der Waals surface area contributed by atoms with Crippen molar-refractivity contribution in [2.24, 2.45) is 5.41 Å². The van der Waals surface area contributed by atoms with E-state index in [9.17, 15) is 14.4 Å². The lowest BCUT2D eigenvalue weighted by molar-refractivity contribution is -0.136. The molecule has 1 amide bonds. The summed E-state index contributed by atoms with van der Waals surface area (Å²) >= 11 is 0. The van der Waals surface area contributed by atoms with Crippen molar-refractivity contribution >= 4 is 23.5 Å². The van der Waals surface area contributed by atoms with Crippen LogP contribution in [-0.4, -0.2) is 34.6 Å². The SMILES string of the molecule is CC(C)(C)C(=O)N(CCC(=O)O)c1cccc(C(=O)O)c1. The molecule has 0 aliphatic carbocycles.